The first-order valence-corrected chi connectivity index (χ1v) is 6.50. The highest BCUT2D eigenvalue weighted by molar-refractivity contribution is 5.60. The number of benzene rings is 1. The first-order valence-electron chi connectivity index (χ1n) is 6.50. The van der Waals surface area contributed by atoms with Crippen LogP contribution in [-0.4, -0.2) is 23.8 Å². The van der Waals surface area contributed by atoms with E-state index in [4.69, 9.17) is 0 Å². The molecule has 0 bridgehead atoms. The maximum absolute atomic E-state index is 10.1. The molecule has 3 heteroatoms. The van der Waals surface area contributed by atoms with E-state index < -0.39 is 5.60 Å². The molecule has 1 N–H and O–H groups in total. The fourth-order valence-corrected chi connectivity index (χ4v) is 2.50. The maximum atomic E-state index is 10.1. The summed E-state index contributed by atoms with van der Waals surface area (Å²) in [6.45, 7) is 5.66. The Morgan fingerprint density at radius 1 is 1.33 bits per heavy atom. The summed E-state index contributed by atoms with van der Waals surface area (Å²) < 4.78 is 0. The van der Waals surface area contributed by atoms with E-state index >= 15 is 0 Å². The number of aryl methyl sites for hydroxylation is 1. The van der Waals surface area contributed by atoms with Gasteiger partial charge >= 0.3 is 0 Å². The molecule has 2 rings (SSSR count). The van der Waals surface area contributed by atoms with Crippen LogP contribution < -0.4 is 4.90 Å². The SMILES string of the molecule is Cc1ccc(C#N)c(N2CCCC(C)(O)CC2)c1. The van der Waals surface area contributed by atoms with Crippen LogP contribution in [0.5, 0.6) is 0 Å². The van der Waals surface area contributed by atoms with Crippen LogP contribution >= 0.6 is 0 Å². The minimum atomic E-state index is -0.564. The van der Waals surface area contributed by atoms with Gasteiger partial charge in [0.15, 0.2) is 0 Å². The number of hydrogen-bond donors (Lipinski definition) is 1. The van der Waals surface area contributed by atoms with Gasteiger partial charge in [0.05, 0.1) is 16.9 Å². The maximum Gasteiger partial charge on any atom is 0.101 e. The van der Waals surface area contributed by atoms with E-state index in [-0.39, 0.29) is 0 Å². The zero-order valence-electron chi connectivity index (χ0n) is 11.1. The Hall–Kier alpha value is -1.53. The van der Waals surface area contributed by atoms with Gasteiger partial charge in [0.2, 0.25) is 0 Å². The molecular weight excluding hydrogens is 224 g/mol. The van der Waals surface area contributed by atoms with Gasteiger partial charge in [-0.3, -0.25) is 0 Å². The second-order valence-electron chi connectivity index (χ2n) is 5.47. The van der Waals surface area contributed by atoms with Gasteiger partial charge < -0.3 is 10.0 Å². The van der Waals surface area contributed by atoms with Crippen molar-refractivity contribution < 1.29 is 5.11 Å². The minimum Gasteiger partial charge on any atom is -0.390 e. The van der Waals surface area contributed by atoms with Crippen LogP contribution in [0.2, 0.25) is 0 Å². The van der Waals surface area contributed by atoms with Crippen molar-refractivity contribution in [2.45, 2.75) is 38.7 Å². The lowest BCUT2D eigenvalue weighted by Crippen LogP contribution is -2.28. The molecule has 1 aromatic carbocycles. The van der Waals surface area contributed by atoms with Gasteiger partial charge in [-0.1, -0.05) is 6.07 Å². The molecule has 1 aliphatic heterocycles. The molecule has 1 unspecified atom stereocenters. The Bertz CT molecular complexity index is 474. The fourth-order valence-electron chi connectivity index (χ4n) is 2.50. The Kier molecular flexibility index (Phi) is 3.58. The van der Waals surface area contributed by atoms with Crippen molar-refractivity contribution in [3.05, 3.63) is 29.3 Å². The largest absolute Gasteiger partial charge is 0.390 e. The van der Waals surface area contributed by atoms with Crippen LogP contribution in [0.3, 0.4) is 0 Å². The molecule has 0 amide bonds. The van der Waals surface area contributed by atoms with Crippen molar-refractivity contribution in [2.24, 2.45) is 0 Å². The van der Waals surface area contributed by atoms with E-state index in [0.717, 1.165) is 43.6 Å². The molecule has 0 aliphatic carbocycles. The van der Waals surface area contributed by atoms with Crippen LogP contribution in [0.15, 0.2) is 18.2 Å². The molecule has 96 valence electrons. The standard InChI is InChI=1S/C15H20N2O/c1-12-4-5-13(11-16)14(10-12)17-8-3-6-15(2,18)7-9-17/h4-5,10,18H,3,6-9H2,1-2H3. The molecule has 3 nitrogen and oxygen atoms in total. The highest BCUT2D eigenvalue weighted by Crippen LogP contribution is 2.28. The van der Waals surface area contributed by atoms with E-state index in [1.807, 2.05) is 26.0 Å². The summed E-state index contributed by atoms with van der Waals surface area (Å²) in [5.74, 6) is 0. The molecule has 18 heavy (non-hydrogen) atoms. The molecule has 1 aliphatic rings. The van der Waals surface area contributed by atoms with Crippen molar-refractivity contribution in [3.8, 4) is 6.07 Å². The number of nitrogens with zero attached hydrogens (tertiary/aromatic N) is 2. The zero-order chi connectivity index (χ0) is 13.2. The molecule has 1 saturated heterocycles. The number of hydrogen-bond acceptors (Lipinski definition) is 3. The van der Waals surface area contributed by atoms with Crippen molar-refractivity contribution in [3.63, 3.8) is 0 Å². The quantitative estimate of drug-likeness (QED) is 0.826. The van der Waals surface area contributed by atoms with Crippen molar-refractivity contribution in [1.82, 2.24) is 0 Å². The van der Waals surface area contributed by atoms with Gasteiger partial charge in [0.25, 0.3) is 0 Å². The predicted octanol–water partition coefficient (Wildman–Crippen LogP) is 2.61. The Balaban J connectivity index is 2.26. The molecule has 1 heterocycles. The first-order chi connectivity index (χ1) is 8.52. The normalized spacial score (nSPS) is 24.4. The summed E-state index contributed by atoms with van der Waals surface area (Å²) >= 11 is 0. The summed E-state index contributed by atoms with van der Waals surface area (Å²) in [6, 6.07) is 8.18. The summed E-state index contributed by atoms with van der Waals surface area (Å²) in [4.78, 5) is 2.23. The van der Waals surface area contributed by atoms with Gasteiger partial charge in [-0.15, -0.1) is 0 Å². The number of anilines is 1. The molecular formula is C15H20N2O. The molecule has 0 spiro atoms. The van der Waals surface area contributed by atoms with Gasteiger partial charge in [0, 0.05) is 13.1 Å². The van der Waals surface area contributed by atoms with E-state index in [1.54, 1.807) is 0 Å². The topological polar surface area (TPSA) is 47.3 Å². The van der Waals surface area contributed by atoms with Crippen LogP contribution in [0.25, 0.3) is 0 Å². The second-order valence-corrected chi connectivity index (χ2v) is 5.47. The summed E-state index contributed by atoms with van der Waals surface area (Å²) in [5.41, 5.74) is 2.34. The highest BCUT2D eigenvalue weighted by Gasteiger charge is 2.25. The second kappa shape index (κ2) is 4.99. The lowest BCUT2D eigenvalue weighted by Gasteiger charge is -2.25. The Labute approximate surface area is 109 Å². The van der Waals surface area contributed by atoms with Crippen molar-refractivity contribution >= 4 is 5.69 Å². The van der Waals surface area contributed by atoms with E-state index in [0.29, 0.717) is 0 Å². The average Bonchev–Trinajstić information content (AvgIpc) is 2.50. The van der Waals surface area contributed by atoms with Gasteiger partial charge in [0.1, 0.15) is 6.07 Å². The van der Waals surface area contributed by atoms with Crippen molar-refractivity contribution in [1.29, 1.82) is 5.26 Å². The van der Waals surface area contributed by atoms with Gasteiger partial charge in [-0.25, -0.2) is 0 Å². The molecule has 0 saturated carbocycles. The fraction of sp³-hybridized carbons (Fsp3) is 0.533. The predicted molar refractivity (Wildman–Crippen MR) is 72.6 cm³/mol. The average molecular weight is 244 g/mol. The summed E-state index contributed by atoms with van der Waals surface area (Å²) in [6.07, 6.45) is 2.55. The smallest absolute Gasteiger partial charge is 0.101 e. The van der Waals surface area contributed by atoms with E-state index in [1.165, 1.54) is 5.56 Å². The van der Waals surface area contributed by atoms with Crippen LogP contribution in [-0.2, 0) is 0 Å². The van der Waals surface area contributed by atoms with Gasteiger partial charge in [-0.2, -0.15) is 5.26 Å². The zero-order valence-corrected chi connectivity index (χ0v) is 11.1. The Morgan fingerprint density at radius 2 is 2.11 bits per heavy atom. The monoisotopic (exact) mass is 244 g/mol. The van der Waals surface area contributed by atoms with E-state index in [2.05, 4.69) is 17.0 Å². The van der Waals surface area contributed by atoms with E-state index in [9.17, 15) is 10.4 Å². The molecule has 1 fully saturated rings. The van der Waals surface area contributed by atoms with Crippen LogP contribution in [0.1, 0.15) is 37.3 Å². The summed E-state index contributed by atoms with van der Waals surface area (Å²) in [7, 11) is 0. The minimum absolute atomic E-state index is 0.564. The van der Waals surface area contributed by atoms with Crippen molar-refractivity contribution in [2.75, 3.05) is 18.0 Å². The van der Waals surface area contributed by atoms with Crippen LogP contribution in [0.4, 0.5) is 5.69 Å². The molecule has 1 atom stereocenters. The molecule has 0 aromatic heterocycles. The van der Waals surface area contributed by atoms with Gasteiger partial charge in [-0.05, 0) is 50.8 Å². The number of aliphatic hydroxyl groups is 1. The lowest BCUT2D eigenvalue weighted by molar-refractivity contribution is 0.0481. The molecule has 1 aromatic rings. The number of rotatable bonds is 1. The Morgan fingerprint density at radius 3 is 2.83 bits per heavy atom. The third kappa shape index (κ3) is 2.83. The third-order valence-electron chi connectivity index (χ3n) is 3.68. The number of nitriles is 1. The lowest BCUT2D eigenvalue weighted by atomic mass is 9.98. The first kappa shape index (κ1) is 12.9. The third-order valence-corrected chi connectivity index (χ3v) is 3.68. The molecule has 0 radical (unpaired) electrons. The summed E-state index contributed by atoms with van der Waals surface area (Å²) in [5, 5.41) is 19.3. The highest BCUT2D eigenvalue weighted by atomic mass is 16.3. The van der Waals surface area contributed by atoms with Crippen LogP contribution in [0, 0.1) is 18.3 Å².